The Kier molecular flexibility index (Phi) is 7.44. The number of hydrogen-bond acceptors (Lipinski definition) is 4. The van der Waals surface area contributed by atoms with Gasteiger partial charge >= 0.3 is 0 Å². The Balaban J connectivity index is 1.99. The van der Waals surface area contributed by atoms with Crippen LogP contribution in [0.5, 0.6) is 0 Å². The molecule has 1 aromatic heterocycles. The molecule has 0 aliphatic carbocycles. The van der Waals surface area contributed by atoms with Gasteiger partial charge in [0.2, 0.25) is 0 Å². The third-order valence-corrected chi connectivity index (χ3v) is 3.85. The molecule has 1 N–H and O–H groups in total. The van der Waals surface area contributed by atoms with Crippen molar-refractivity contribution in [3.8, 4) is 0 Å². The van der Waals surface area contributed by atoms with Gasteiger partial charge in [-0.2, -0.15) is 0 Å². The van der Waals surface area contributed by atoms with Crippen molar-refractivity contribution in [2.45, 2.75) is 19.9 Å². The first kappa shape index (κ1) is 14.6. The van der Waals surface area contributed by atoms with E-state index in [4.69, 9.17) is 4.74 Å². The van der Waals surface area contributed by atoms with Crippen LogP contribution in [-0.2, 0) is 11.3 Å². The summed E-state index contributed by atoms with van der Waals surface area (Å²) in [6.07, 6.45) is 1.19. The first-order chi connectivity index (χ1) is 8.24. The standard InChI is InChI=1S/C13H24N2OS/c1-12-5-10-17-13(12)11-14-6-4-7-15(2)8-9-16-3/h5,10,14H,4,6-9,11H2,1-3H3. The summed E-state index contributed by atoms with van der Waals surface area (Å²) in [7, 11) is 3.89. The molecule has 0 unspecified atom stereocenters. The van der Waals surface area contributed by atoms with Gasteiger partial charge in [0.05, 0.1) is 6.61 Å². The molecule has 17 heavy (non-hydrogen) atoms. The molecule has 3 nitrogen and oxygen atoms in total. The molecule has 0 saturated heterocycles. The molecule has 0 bridgehead atoms. The van der Waals surface area contributed by atoms with E-state index in [2.05, 4.69) is 35.6 Å². The summed E-state index contributed by atoms with van der Waals surface area (Å²) in [6.45, 7) is 7.21. The zero-order valence-corrected chi connectivity index (χ0v) is 12.0. The van der Waals surface area contributed by atoms with Gasteiger partial charge in [0.1, 0.15) is 0 Å². The minimum atomic E-state index is 0.818. The largest absolute Gasteiger partial charge is 0.383 e. The lowest BCUT2D eigenvalue weighted by Crippen LogP contribution is -2.26. The number of thiophene rings is 1. The topological polar surface area (TPSA) is 24.5 Å². The molecule has 1 heterocycles. The molecule has 98 valence electrons. The van der Waals surface area contributed by atoms with E-state index in [1.165, 1.54) is 16.9 Å². The summed E-state index contributed by atoms with van der Waals surface area (Å²) in [5, 5.41) is 5.65. The molecule has 0 saturated carbocycles. The highest BCUT2D eigenvalue weighted by molar-refractivity contribution is 7.10. The molecule has 0 aliphatic rings. The molecule has 0 amide bonds. The molecular formula is C13H24N2OS. The zero-order valence-electron chi connectivity index (χ0n) is 11.2. The van der Waals surface area contributed by atoms with Gasteiger partial charge in [-0.3, -0.25) is 0 Å². The number of nitrogens with one attached hydrogen (secondary N) is 1. The molecule has 0 fully saturated rings. The Morgan fingerprint density at radius 3 is 2.88 bits per heavy atom. The Labute approximate surface area is 109 Å². The zero-order chi connectivity index (χ0) is 12.5. The maximum atomic E-state index is 5.05. The van der Waals surface area contributed by atoms with Gasteiger partial charge in [-0.15, -0.1) is 11.3 Å². The van der Waals surface area contributed by atoms with Crippen LogP contribution in [-0.4, -0.2) is 45.3 Å². The van der Waals surface area contributed by atoms with Crippen LogP contribution in [0.3, 0.4) is 0 Å². The van der Waals surface area contributed by atoms with E-state index in [1.807, 2.05) is 11.3 Å². The summed E-state index contributed by atoms with van der Waals surface area (Å²) >= 11 is 1.84. The Morgan fingerprint density at radius 1 is 1.41 bits per heavy atom. The highest BCUT2D eigenvalue weighted by Crippen LogP contribution is 2.14. The third-order valence-electron chi connectivity index (χ3n) is 2.82. The number of nitrogens with zero attached hydrogens (tertiary/aromatic N) is 1. The highest BCUT2D eigenvalue weighted by atomic mass is 32.1. The van der Waals surface area contributed by atoms with Crippen molar-refractivity contribution in [1.29, 1.82) is 0 Å². The van der Waals surface area contributed by atoms with Gasteiger partial charge in [-0.1, -0.05) is 0 Å². The van der Waals surface area contributed by atoms with Crippen molar-refractivity contribution in [3.63, 3.8) is 0 Å². The van der Waals surface area contributed by atoms with Crippen molar-refractivity contribution in [1.82, 2.24) is 10.2 Å². The fourth-order valence-electron chi connectivity index (χ4n) is 1.62. The SMILES string of the molecule is COCCN(C)CCCNCc1sccc1C. The summed E-state index contributed by atoms with van der Waals surface area (Å²) in [5.41, 5.74) is 1.40. The number of rotatable bonds is 9. The maximum Gasteiger partial charge on any atom is 0.0589 e. The second-order valence-corrected chi connectivity index (χ2v) is 5.35. The van der Waals surface area contributed by atoms with Crippen molar-refractivity contribution in [2.24, 2.45) is 0 Å². The van der Waals surface area contributed by atoms with Crippen LogP contribution in [0, 0.1) is 6.92 Å². The Morgan fingerprint density at radius 2 is 2.24 bits per heavy atom. The van der Waals surface area contributed by atoms with Crippen LogP contribution in [0.1, 0.15) is 16.9 Å². The van der Waals surface area contributed by atoms with Gasteiger partial charge in [0, 0.05) is 25.1 Å². The molecule has 0 radical (unpaired) electrons. The number of methoxy groups -OCH3 is 1. The minimum Gasteiger partial charge on any atom is -0.383 e. The number of likely N-dealkylation sites (N-methyl/N-ethyl adjacent to an activating group) is 1. The lowest BCUT2D eigenvalue weighted by molar-refractivity contribution is 0.160. The predicted molar refractivity (Wildman–Crippen MR) is 74.8 cm³/mol. The highest BCUT2D eigenvalue weighted by Gasteiger charge is 2.00. The molecule has 0 aliphatic heterocycles. The second kappa shape index (κ2) is 8.64. The van der Waals surface area contributed by atoms with E-state index in [0.29, 0.717) is 0 Å². The average Bonchev–Trinajstić information content (AvgIpc) is 2.72. The van der Waals surface area contributed by atoms with E-state index in [0.717, 1.165) is 32.8 Å². The molecule has 1 rings (SSSR count). The monoisotopic (exact) mass is 256 g/mol. The van der Waals surface area contributed by atoms with Crippen LogP contribution in [0.2, 0.25) is 0 Å². The summed E-state index contributed by atoms with van der Waals surface area (Å²) in [6, 6.07) is 2.18. The lowest BCUT2D eigenvalue weighted by Gasteiger charge is -2.15. The van der Waals surface area contributed by atoms with Crippen LogP contribution in [0.25, 0.3) is 0 Å². The third kappa shape index (κ3) is 6.17. The molecule has 0 aromatic carbocycles. The van der Waals surface area contributed by atoms with Gasteiger partial charge in [-0.25, -0.2) is 0 Å². The number of aryl methyl sites for hydroxylation is 1. The van der Waals surface area contributed by atoms with Crippen LogP contribution in [0.15, 0.2) is 11.4 Å². The van der Waals surface area contributed by atoms with Gasteiger partial charge < -0.3 is 15.0 Å². The quantitative estimate of drug-likeness (QED) is 0.685. The second-order valence-electron chi connectivity index (χ2n) is 4.35. The van der Waals surface area contributed by atoms with Gasteiger partial charge in [-0.05, 0) is 50.5 Å². The van der Waals surface area contributed by atoms with Crippen molar-refractivity contribution in [3.05, 3.63) is 21.9 Å². The fraction of sp³-hybridized carbons (Fsp3) is 0.692. The summed E-state index contributed by atoms with van der Waals surface area (Å²) in [5.74, 6) is 0. The van der Waals surface area contributed by atoms with Crippen molar-refractivity contribution < 1.29 is 4.74 Å². The molecule has 0 spiro atoms. The first-order valence-corrected chi connectivity index (χ1v) is 7.03. The van der Waals surface area contributed by atoms with E-state index >= 15 is 0 Å². The molecule has 0 atom stereocenters. The Bertz CT molecular complexity index is 301. The maximum absolute atomic E-state index is 5.05. The molecule has 4 heteroatoms. The van der Waals surface area contributed by atoms with Gasteiger partial charge in [0.25, 0.3) is 0 Å². The Hall–Kier alpha value is -0.420. The number of hydrogen-bond donors (Lipinski definition) is 1. The predicted octanol–water partition coefficient (Wildman–Crippen LogP) is 2.11. The smallest absolute Gasteiger partial charge is 0.0589 e. The summed E-state index contributed by atoms with van der Waals surface area (Å²) < 4.78 is 5.05. The van der Waals surface area contributed by atoms with E-state index in [-0.39, 0.29) is 0 Å². The van der Waals surface area contributed by atoms with Crippen LogP contribution in [0.4, 0.5) is 0 Å². The van der Waals surface area contributed by atoms with E-state index in [1.54, 1.807) is 7.11 Å². The van der Waals surface area contributed by atoms with Crippen molar-refractivity contribution in [2.75, 3.05) is 40.4 Å². The first-order valence-electron chi connectivity index (χ1n) is 6.15. The number of ether oxygens (including phenoxy) is 1. The van der Waals surface area contributed by atoms with E-state index in [9.17, 15) is 0 Å². The van der Waals surface area contributed by atoms with Crippen LogP contribution < -0.4 is 5.32 Å². The minimum absolute atomic E-state index is 0.818. The molecular weight excluding hydrogens is 232 g/mol. The van der Waals surface area contributed by atoms with Gasteiger partial charge in [0.15, 0.2) is 0 Å². The summed E-state index contributed by atoms with van der Waals surface area (Å²) in [4.78, 5) is 3.76. The van der Waals surface area contributed by atoms with Crippen molar-refractivity contribution >= 4 is 11.3 Å². The lowest BCUT2D eigenvalue weighted by atomic mass is 10.3. The normalized spacial score (nSPS) is 11.3. The van der Waals surface area contributed by atoms with E-state index < -0.39 is 0 Å². The fourth-order valence-corrected chi connectivity index (χ4v) is 2.50. The average molecular weight is 256 g/mol. The van der Waals surface area contributed by atoms with Crippen LogP contribution >= 0.6 is 11.3 Å². The molecule has 1 aromatic rings.